The van der Waals surface area contributed by atoms with Crippen molar-refractivity contribution in [3.05, 3.63) is 48.4 Å². The van der Waals surface area contributed by atoms with Crippen molar-refractivity contribution in [2.24, 2.45) is 5.73 Å². The quantitative estimate of drug-likeness (QED) is 0.393. The number of hydrogen-bond donors (Lipinski definition) is 4. The molecule has 0 aliphatic rings. The summed E-state index contributed by atoms with van der Waals surface area (Å²) < 4.78 is 14.9. The lowest BCUT2D eigenvalue weighted by Gasteiger charge is -2.08. The smallest absolute Gasteiger partial charge is 0.354 e. The van der Waals surface area contributed by atoms with Crippen LogP contribution in [-0.2, 0) is 14.7 Å². The fourth-order valence-electron chi connectivity index (χ4n) is 2.52. The third kappa shape index (κ3) is 3.18. The number of aliphatic carboxylic acids is 1. The second-order valence-corrected chi connectivity index (χ2v) is 10.6. The molecular formula is C17H18N4O3S2. The molecule has 3 aromatic rings. The van der Waals surface area contributed by atoms with Crippen LogP contribution < -0.4 is 5.73 Å². The molecule has 0 saturated heterocycles. The number of nitrogens with two attached hydrogens (primary N) is 1. The Hall–Kier alpha value is -2.78. The summed E-state index contributed by atoms with van der Waals surface area (Å²) in [6, 6.07) is 7.16. The summed E-state index contributed by atoms with van der Waals surface area (Å²) >= 11 is 1.44. The van der Waals surface area contributed by atoms with Crippen LogP contribution in [0.2, 0.25) is 0 Å². The summed E-state index contributed by atoms with van der Waals surface area (Å²) in [7, 11) is -2.34. The van der Waals surface area contributed by atoms with E-state index in [2.05, 4.69) is 4.98 Å². The van der Waals surface area contributed by atoms with Crippen molar-refractivity contribution in [2.75, 3.05) is 12.5 Å². The van der Waals surface area contributed by atoms with E-state index in [0.29, 0.717) is 11.2 Å². The van der Waals surface area contributed by atoms with Crippen LogP contribution in [0.15, 0.2) is 47.1 Å². The first-order chi connectivity index (χ1) is 12.2. The number of aromatic nitrogens is 2. The van der Waals surface area contributed by atoms with Gasteiger partial charge in [-0.05, 0) is 36.8 Å². The summed E-state index contributed by atoms with van der Waals surface area (Å²) in [5, 5.41) is 16.8. The van der Waals surface area contributed by atoms with E-state index >= 15 is 0 Å². The molecule has 0 atom stereocenters. The van der Waals surface area contributed by atoms with Gasteiger partial charge >= 0.3 is 5.97 Å². The Labute approximate surface area is 154 Å². The second kappa shape index (κ2) is 6.50. The maximum Gasteiger partial charge on any atom is 0.354 e. The maximum atomic E-state index is 12.3. The van der Waals surface area contributed by atoms with Crippen molar-refractivity contribution in [1.29, 1.82) is 5.41 Å². The highest BCUT2D eigenvalue weighted by molar-refractivity contribution is 8.03. The van der Waals surface area contributed by atoms with E-state index in [1.54, 1.807) is 41.4 Å². The Balaban J connectivity index is 2.12. The molecule has 0 amide bonds. The number of thiophene rings is 1. The molecule has 3 aromatic heterocycles. The summed E-state index contributed by atoms with van der Waals surface area (Å²) in [5.41, 5.74) is 7.06. The molecule has 136 valence electrons. The van der Waals surface area contributed by atoms with Crippen LogP contribution in [0.25, 0.3) is 21.8 Å². The summed E-state index contributed by atoms with van der Waals surface area (Å²) in [4.78, 5) is 16.4. The van der Waals surface area contributed by atoms with E-state index in [4.69, 9.17) is 16.2 Å². The number of pyridine rings is 1. The number of nitrogens with zero attached hydrogens (tertiary/aromatic N) is 2. The number of carboxylic acid groups (broad SMARTS) is 1. The number of carbonyl (C=O) groups is 1. The van der Waals surface area contributed by atoms with E-state index in [1.165, 1.54) is 11.3 Å². The molecule has 3 rings (SSSR count). The lowest BCUT2D eigenvalue weighted by atomic mass is 10.0. The van der Waals surface area contributed by atoms with Crippen molar-refractivity contribution < 1.29 is 14.1 Å². The first kappa shape index (κ1) is 18.0. The van der Waals surface area contributed by atoms with Gasteiger partial charge in [-0.2, -0.15) is 0 Å². The number of nitrogens with one attached hydrogen (secondary N) is 1. The summed E-state index contributed by atoms with van der Waals surface area (Å²) in [6.07, 6.45) is 7.97. The minimum absolute atomic E-state index is 0.123. The van der Waals surface area contributed by atoms with Gasteiger partial charge in [0.25, 0.3) is 0 Å². The Morgan fingerprint density at radius 2 is 2.08 bits per heavy atom. The predicted octanol–water partition coefficient (Wildman–Crippen LogP) is 2.10. The highest BCUT2D eigenvalue weighted by atomic mass is 32.3. The van der Waals surface area contributed by atoms with Gasteiger partial charge in [-0.15, -0.1) is 11.3 Å². The van der Waals surface area contributed by atoms with Crippen LogP contribution in [0.3, 0.4) is 0 Å². The lowest BCUT2D eigenvalue weighted by Crippen LogP contribution is -2.15. The number of fused-ring (bicyclic) bond motifs is 1. The molecule has 0 aromatic carbocycles. The fourth-order valence-corrected chi connectivity index (χ4v) is 4.88. The molecule has 0 saturated carbocycles. The van der Waals surface area contributed by atoms with Gasteiger partial charge in [-0.1, -0.05) is 9.93 Å². The van der Waals surface area contributed by atoms with Gasteiger partial charge in [0.1, 0.15) is 11.4 Å². The molecule has 0 bridgehead atoms. The molecule has 7 nitrogen and oxygen atoms in total. The Kier molecular flexibility index (Phi) is 4.51. The lowest BCUT2D eigenvalue weighted by molar-refractivity contribution is -0.129. The van der Waals surface area contributed by atoms with E-state index in [-0.39, 0.29) is 5.57 Å². The van der Waals surface area contributed by atoms with Crippen LogP contribution in [-0.4, -0.2) is 42.9 Å². The van der Waals surface area contributed by atoms with Crippen LogP contribution in [0.4, 0.5) is 0 Å². The first-order valence-electron chi connectivity index (χ1n) is 7.59. The minimum Gasteiger partial charge on any atom is -0.477 e. The minimum atomic E-state index is -2.34. The largest absolute Gasteiger partial charge is 0.477 e. The van der Waals surface area contributed by atoms with Crippen molar-refractivity contribution in [1.82, 2.24) is 9.38 Å². The molecule has 0 unspecified atom stereocenters. The van der Waals surface area contributed by atoms with Gasteiger partial charge in [0.2, 0.25) is 0 Å². The second-order valence-electron chi connectivity index (χ2n) is 6.04. The summed E-state index contributed by atoms with van der Waals surface area (Å²) in [6.45, 7) is 0. The number of carboxylic acids is 1. The van der Waals surface area contributed by atoms with Gasteiger partial charge in [0, 0.05) is 23.5 Å². The average molecular weight is 390 g/mol. The fraction of sp³-hybridized carbons (Fsp3) is 0.118. The molecule has 4 N–H and O–H groups in total. The van der Waals surface area contributed by atoms with Crippen molar-refractivity contribution >= 4 is 44.2 Å². The molecule has 0 radical (unpaired) electrons. The number of thiol groups is 1. The normalized spacial score (nSPS) is 13.1. The molecule has 0 spiro atoms. The topological polar surface area (TPSA) is 122 Å². The molecular weight excluding hydrogens is 372 g/mol. The number of hydrogen-bond acceptors (Lipinski definition) is 6. The molecule has 26 heavy (non-hydrogen) atoms. The summed E-state index contributed by atoms with van der Waals surface area (Å²) in [5.74, 6) is -1.35. The van der Waals surface area contributed by atoms with Gasteiger partial charge in [-0.25, -0.2) is 9.78 Å². The zero-order chi connectivity index (χ0) is 19.1. The zero-order valence-electron chi connectivity index (χ0n) is 14.1. The number of imidazole rings is 1. The van der Waals surface area contributed by atoms with Crippen LogP contribution in [0.5, 0.6) is 0 Å². The molecule has 9 heteroatoms. The van der Waals surface area contributed by atoms with Gasteiger partial charge in [0.05, 0.1) is 21.0 Å². The molecule has 0 aliphatic heterocycles. The van der Waals surface area contributed by atoms with Gasteiger partial charge < -0.3 is 10.8 Å². The Morgan fingerprint density at radius 3 is 2.65 bits per heavy atom. The molecule has 3 heterocycles. The van der Waals surface area contributed by atoms with E-state index < -0.39 is 21.6 Å². The predicted molar refractivity (Wildman–Crippen MR) is 106 cm³/mol. The average Bonchev–Trinajstić information content (AvgIpc) is 3.21. The van der Waals surface area contributed by atoms with Gasteiger partial charge in [0.15, 0.2) is 0 Å². The highest BCUT2D eigenvalue weighted by Crippen LogP contribution is 2.33. The monoisotopic (exact) mass is 390 g/mol. The van der Waals surface area contributed by atoms with Crippen LogP contribution in [0, 0.1) is 5.41 Å². The van der Waals surface area contributed by atoms with Crippen molar-refractivity contribution in [3.63, 3.8) is 0 Å². The van der Waals surface area contributed by atoms with Crippen molar-refractivity contribution in [3.8, 4) is 10.6 Å². The Morgan fingerprint density at radius 1 is 1.35 bits per heavy atom. The highest BCUT2D eigenvalue weighted by Gasteiger charge is 2.17. The van der Waals surface area contributed by atoms with E-state index in [9.17, 15) is 9.00 Å². The number of rotatable bonds is 5. The van der Waals surface area contributed by atoms with E-state index in [0.717, 1.165) is 21.0 Å². The maximum absolute atomic E-state index is 12.3. The zero-order valence-corrected chi connectivity index (χ0v) is 15.8. The molecule has 0 aliphatic carbocycles. The Bertz CT molecular complexity index is 1100. The van der Waals surface area contributed by atoms with Crippen molar-refractivity contribution in [2.45, 2.75) is 4.21 Å². The third-order valence-electron chi connectivity index (χ3n) is 3.84. The standard InChI is InChI=1S/C17H18N4O3S2/c1-26(2,24)15-6-4-13(25-15)12-8-20-14-5-3-10(9-21(12)14)11(7-18)16(19)17(22)23/h3-9,19,26H,18H2,1-2H3,(H,22,23)/b11-7-,19-16?. The molecule has 0 fully saturated rings. The van der Waals surface area contributed by atoms with Crippen LogP contribution in [0.1, 0.15) is 5.56 Å². The van der Waals surface area contributed by atoms with Crippen LogP contribution >= 0.6 is 11.3 Å². The first-order valence-corrected chi connectivity index (χ1v) is 11.0. The SMILES string of the molecule is C[SH](C)(=O)c1ccc(-c2cnc3ccc(/C(=C/N)C(=N)C(=O)O)cn23)s1. The third-order valence-corrected chi connectivity index (χ3v) is 7.56. The van der Waals surface area contributed by atoms with E-state index in [1.807, 2.05) is 12.1 Å². The van der Waals surface area contributed by atoms with Gasteiger partial charge in [-0.3, -0.25) is 14.0 Å².